The van der Waals surface area contributed by atoms with E-state index in [0.717, 1.165) is 35.7 Å². The van der Waals surface area contributed by atoms with Crippen LogP contribution in [-0.4, -0.2) is 46.1 Å². The van der Waals surface area contributed by atoms with Gasteiger partial charge in [0.15, 0.2) is 11.6 Å². The van der Waals surface area contributed by atoms with Crippen LogP contribution in [0.25, 0.3) is 22.8 Å². The minimum atomic E-state index is 0.365. The van der Waals surface area contributed by atoms with E-state index in [-0.39, 0.29) is 0 Å². The Kier molecular flexibility index (Phi) is 7.46. The van der Waals surface area contributed by atoms with Crippen LogP contribution in [0, 0.1) is 6.92 Å². The molecule has 3 N–H and O–H groups in total. The molecule has 8 heteroatoms. The van der Waals surface area contributed by atoms with Gasteiger partial charge in [-0.15, -0.1) is 0 Å². The number of nitrogens with one attached hydrogen (secondary N) is 1. The lowest BCUT2D eigenvalue weighted by Gasteiger charge is -2.31. The van der Waals surface area contributed by atoms with Crippen molar-refractivity contribution in [3.63, 3.8) is 0 Å². The molecule has 1 saturated heterocycles. The van der Waals surface area contributed by atoms with Crippen molar-refractivity contribution in [1.82, 2.24) is 19.7 Å². The second kappa shape index (κ2) is 11.3. The molecular formula is C29H33N7O. The highest BCUT2D eigenvalue weighted by Crippen LogP contribution is 2.35. The summed E-state index contributed by atoms with van der Waals surface area (Å²) < 4.78 is 7.32. The summed E-state index contributed by atoms with van der Waals surface area (Å²) in [5, 5.41) is 8.12. The molecule has 4 aromatic rings. The van der Waals surface area contributed by atoms with Crippen LogP contribution in [-0.2, 0) is 4.74 Å². The lowest BCUT2D eigenvalue weighted by molar-refractivity contribution is 0.123. The van der Waals surface area contributed by atoms with E-state index < -0.39 is 0 Å². The second-order valence-electron chi connectivity index (χ2n) is 9.25. The van der Waals surface area contributed by atoms with E-state index in [1.54, 1.807) is 10.9 Å². The van der Waals surface area contributed by atoms with E-state index in [2.05, 4.69) is 51.9 Å². The fourth-order valence-electron chi connectivity index (χ4n) is 4.00. The summed E-state index contributed by atoms with van der Waals surface area (Å²) in [4.78, 5) is 11.3. The lowest BCUT2D eigenvalue weighted by Crippen LogP contribution is -2.37. The average molecular weight is 496 g/mol. The largest absolute Gasteiger partial charge is 0.382 e. The van der Waals surface area contributed by atoms with E-state index in [9.17, 15) is 0 Å². The smallest absolute Gasteiger partial charge is 0.157 e. The zero-order chi connectivity index (χ0) is 25.6. The van der Waals surface area contributed by atoms with Gasteiger partial charge in [0, 0.05) is 37.1 Å². The SMILES string of the molecule is C1CC1.C=C(Nc1c(N2CCOCC2)cc(-n2ccc(-c3cccc(C)c3)n2)nc1N)c1ccccn1. The van der Waals surface area contributed by atoms with E-state index in [0.29, 0.717) is 36.2 Å². The third kappa shape index (κ3) is 6.16. The number of nitrogen functional groups attached to an aromatic ring is 1. The monoisotopic (exact) mass is 495 g/mol. The molecule has 0 bridgehead atoms. The molecule has 1 aromatic carbocycles. The van der Waals surface area contributed by atoms with Crippen LogP contribution in [0.2, 0.25) is 0 Å². The number of hydrogen-bond acceptors (Lipinski definition) is 7. The summed E-state index contributed by atoms with van der Waals surface area (Å²) in [6, 6.07) is 18.0. The number of nitrogens with two attached hydrogens (primary N) is 1. The molecule has 1 aliphatic heterocycles. The maximum atomic E-state index is 6.50. The first-order valence-electron chi connectivity index (χ1n) is 12.7. The molecular weight excluding hydrogens is 462 g/mol. The Morgan fingerprint density at radius 3 is 2.54 bits per heavy atom. The van der Waals surface area contributed by atoms with Gasteiger partial charge in [0.05, 0.1) is 36.0 Å². The van der Waals surface area contributed by atoms with Crippen molar-refractivity contribution in [1.29, 1.82) is 0 Å². The van der Waals surface area contributed by atoms with E-state index in [1.807, 2.05) is 42.6 Å². The van der Waals surface area contributed by atoms with Gasteiger partial charge in [-0.05, 0) is 31.2 Å². The molecule has 8 nitrogen and oxygen atoms in total. The summed E-state index contributed by atoms with van der Waals surface area (Å²) in [7, 11) is 0. The molecule has 0 unspecified atom stereocenters. The van der Waals surface area contributed by atoms with Gasteiger partial charge < -0.3 is 20.7 Å². The molecule has 2 aliphatic rings. The Balaban J connectivity index is 0.000000872. The topological polar surface area (TPSA) is 94.1 Å². The Labute approximate surface area is 217 Å². The van der Waals surface area contributed by atoms with E-state index in [4.69, 9.17) is 15.6 Å². The van der Waals surface area contributed by atoms with E-state index in [1.165, 1.54) is 24.8 Å². The maximum absolute atomic E-state index is 6.50. The highest BCUT2D eigenvalue weighted by molar-refractivity contribution is 5.88. The zero-order valence-electron chi connectivity index (χ0n) is 21.2. The van der Waals surface area contributed by atoms with Gasteiger partial charge in [0.1, 0.15) is 5.69 Å². The van der Waals surface area contributed by atoms with Crippen molar-refractivity contribution in [2.45, 2.75) is 26.2 Å². The zero-order valence-corrected chi connectivity index (χ0v) is 21.2. The van der Waals surface area contributed by atoms with Gasteiger partial charge in [-0.3, -0.25) is 4.98 Å². The van der Waals surface area contributed by atoms with Crippen molar-refractivity contribution in [3.05, 3.63) is 84.8 Å². The van der Waals surface area contributed by atoms with Gasteiger partial charge in [-0.25, -0.2) is 9.67 Å². The molecule has 1 saturated carbocycles. The molecule has 6 rings (SSSR count). The minimum absolute atomic E-state index is 0.365. The highest BCUT2D eigenvalue weighted by atomic mass is 16.5. The predicted octanol–water partition coefficient (Wildman–Crippen LogP) is 5.31. The number of morpholine rings is 1. The summed E-state index contributed by atoms with van der Waals surface area (Å²) >= 11 is 0. The first kappa shape index (κ1) is 24.5. The van der Waals surface area contributed by atoms with Gasteiger partial charge in [0.25, 0.3) is 0 Å². The highest BCUT2D eigenvalue weighted by Gasteiger charge is 2.21. The van der Waals surface area contributed by atoms with Crippen molar-refractivity contribution in [3.8, 4) is 17.1 Å². The van der Waals surface area contributed by atoms with Gasteiger partial charge in [-0.2, -0.15) is 5.10 Å². The molecule has 0 radical (unpaired) electrons. The predicted molar refractivity (Wildman–Crippen MR) is 150 cm³/mol. The summed E-state index contributed by atoms with van der Waals surface area (Å²) in [5.74, 6) is 1.01. The van der Waals surface area contributed by atoms with Crippen molar-refractivity contribution in [2.75, 3.05) is 42.3 Å². The summed E-state index contributed by atoms with van der Waals surface area (Å²) in [5.41, 5.74) is 12.6. The molecule has 0 atom stereocenters. The Morgan fingerprint density at radius 1 is 1.03 bits per heavy atom. The minimum Gasteiger partial charge on any atom is -0.382 e. The number of anilines is 3. The number of nitrogens with zero attached hydrogens (tertiary/aromatic N) is 5. The summed E-state index contributed by atoms with van der Waals surface area (Å²) in [6.07, 6.45) is 8.14. The Hall–Kier alpha value is -4.17. The Bertz CT molecular complexity index is 1360. The maximum Gasteiger partial charge on any atom is 0.157 e. The number of hydrogen-bond donors (Lipinski definition) is 2. The second-order valence-corrected chi connectivity index (χ2v) is 9.25. The van der Waals surface area contributed by atoms with Crippen LogP contribution in [0.3, 0.4) is 0 Å². The molecule has 190 valence electrons. The standard InChI is InChI=1S/C26H27N7O.C3H6/c1-18-6-5-7-20(16-18)22-9-11-33(31-22)24-17-23(32-12-14-34-15-13-32)25(26(27)30-24)29-19(2)21-8-3-4-10-28-21;1-2-3-1/h3-11,16-17,29H,2,12-15H2,1H3,(H2,27,30);1-3H2. The van der Waals surface area contributed by atoms with Crippen LogP contribution in [0.1, 0.15) is 30.5 Å². The molecule has 3 aromatic heterocycles. The molecule has 0 spiro atoms. The molecule has 1 aliphatic carbocycles. The number of rotatable bonds is 6. The fraction of sp³-hybridized carbons (Fsp3) is 0.276. The van der Waals surface area contributed by atoms with Gasteiger partial charge in [0.2, 0.25) is 0 Å². The normalized spacial score (nSPS) is 14.5. The lowest BCUT2D eigenvalue weighted by atomic mass is 10.1. The number of benzene rings is 1. The van der Waals surface area contributed by atoms with Crippen molar-refractivity contribution < 1.29 is 4.74 Å². The van der Waals surface area contributed by atoms with Crippen molar-refractivity contribution >= 4 is 22.9 Å². The molecule has 4 heterocycles. The average Bonchev–Trinajstić information content (AvgIpc) is 3.74. The molecule has 0 amide bonds. The van der Waals surface area contributed by atoms with Crippen molar-refractivity contribution in [2.24, 2.45) is 0 Å². The third-order valence-electron chi connectivity index (χ3n) is 6.11. The first-order valence-corrected chi connectivity index (χ1v) is 12.7. The molecule has 37 heavy (non-hydrogen) atoms. The van der Waals surface area contributed by atoms with Gasteiger partial charge >= 0.3 is 0 Å². The van der Waals surface area contributed by atoms with Crippen LogP contribution in [0.15, 0.2) is 73.6 Å². The van der Waals surface area contributed by atoms with Crippen LogP contribution in [0.5, 0.6) is 0 Å². The van der Waals surface area contributed by atoms with E-state index >= 15 is 0 Å². The Morgan fingerprint density at radius 2 is 1.84 bits per heavy atom. The number of aromatic nitrogens is 4. The van der Waals surface area contributed by atoms with Crippen LogP contribution in [0.4, 0.5) is 17.2 Å². The number of pyridine rings is 2. The van der Waals surface area contributed by atoms with Crippen LogP contribution >= 0.6 is 0 Å². The first-order chi connectivity index (χ1) is 18.1. The van der Waals surface area contributed by atoms with Crippen LogP contribution < -0.4 is 16.0 Å². The number of aryl methyl sites for hydroxylation is 1. The fourth-order valence-corrected chi connectivity index (χ4v) is 4.00. The molecule has 2 fully saturated rings. The number of ether oxygens (including phenoxy) is 1. The quantitative estimate of drug-likeness (QED) is 0.374. The van der Waals surface area contributed by atoms with Gasteiger partial charge in [-0.1, -0.05) is 55.7 Å². The third-order valence-corrected chi connectivity index (χ3v) is 6.11. The summed E-state index contributed by atoms with van der Waals surface area (Å²) in [6.45, 7) is 9.03.